The first-order valence-corrected chi connectivity index (χ1v) is 7.17. The van der Waals surface area contributed by atoms with E-state index in [-0.39, 0.29) is 12.5 Å². The molecule has 0 fully saturated rings. The molecule has 0 aromatic carbocycles. The number of hydrogen-bond donors (Lipinski definition) is 2. The molecule has 1 aromatic rings. The maximum absolute atomic E-state index is 12.1. The Morgan fingerprint density at radius 1 is 1.44 bits per heavy atom. The van der Waals surface area contributed by atoms with Crippen LogP contribution in [0.1, 0.15) is 39.4 Å². The summed E-state index contributed by atoms with van der Waals surface area (Å²) in [5.74, 6) is 0.677. The summed E-state index contributed by atoms with van der Waals surface area (Å²) in [6, 6.07) is 0. The van der Waals surface area contributed by atoms with E-state index in [1.54, 1.807) is 18.4 Å². The highest BCUT2D eigenvalue weighted by molar-refractivity contribution is 7.14. The topological polar surface area (TPSA) is 58.6 Å². The third-order valence-corrected chi connectivity index (χ3v) is 4.43. The van der Waals surface area contributed by atoms with Crippen molar-refractivity contribution in [2.75, 3.05) is 20.3 Å². The Morgan fingerprint density at radius 3 is 2.94 bits per heavy atom. The van der Waals surface area contributed by atoms with Gasteiger partial charge in [-0.15, -0.1) is 11.3 Å². The number of aliphatic hydroxyl groups is 1. The average Bonchev–Trinajstić information content (AvgIpc) is 2.77. The van der Waals surface area contributed by atoms with Gasteiger partial charge in [-0.05, 0) is 32.1 Å². The number of rotatable bonds is 5. The Balaban J connectivity index is 2.16. The van der Waals surface area contributed by atoms with Crippen molar-refractivity contribution >= 4 is 17.2 Å². The Kier molecular flexibility index (Phi) is 4.60. The van der Waals surface area contributed by atoms with E-state index >= 15 is 0 Å². The van der Waals surface area contributed by atoms with Crippen molar-refractivity contribution in [1.29, 1.82) is 0 Å². The van der Waals surface area contributed by atoms with Crippen LogP contribution in [0.5, 0.6) is 5.75 Å². The molecule has 0 atom stereocenters. The molecule has 18 heavy (non-hydrogen) atoms. The largest absolute Gasteiger partial charge is 0.495 e. The number of aryl methyl sites for hydroxylation is 1. The minimum atomic E-state index is -0.0836. The average molecular weight is 269 g/mol. The summed E-state index contributed by atoms with van der Waals surface area (Å²) < 4.78 is 5.41. The summed E-state index contributed by atoms with van der Waals surface area (Å²) >= 11 is 1.55. The zero-order valence-corrected chi connectivity index (χ0v) is 11.4. The second kappa shape index (κ2) is 6.20. The molecule has 0 bridgehead atoms. The van der Waals surface area contributed by atoms with Gasteiger partial charge in [-0.3, -0.25) is 4.79 Å². The molecule has 1 amide bonds. The van der Waals surface area contributed by atoms with E-state index in [1.165, 1.54) is 23.3 Å². The molecule has 1 aromatic heterocycles. The molecule has 1 aliphatic carbocycles. The van der Waals surface area contributed by atoms with Crippen LogP contribution < -0.4 is 10.1 Å². The van der Waals surface area contributed by atoms with Gasteiger partial charge >= 0.3 is 0 Å². The van der Waals surface area contributed by atoms with Crippen molar-refractivity contribution in [3.63, 3.8) is 0 Å². The van der Waals surface area contributed by atoms with Crippen LogP contribution in [0.15, 0.2) is 0 Å². The van der Waals surface area contributed by atoms with Gasteiger partial charge in [0.05, 0.1) is 7.11 Å². The Bertz CT molecular complexity index is 428. The summed E-state index contributed by atoms with van der Waals surface area (Å²) in [5, 5.41) is 11.5. The Labute approximate surface area is 111 Å². The first-order valence-electron chi connectivity index (χ1n) is 6.35. The van der Waals surface area contributed by atoms with Crippen molar-refractivity contribution in [1.82, 2.24) is 5.32 Å². The van der Waals surface area contributed by atoms with E-state index in [1.807, 2.05) is 0 Å². The molecule has 0 unspecified atom stereocenters. The van der Waals surface area contributed by atoms with Gasteiger partial charge in [0.25, 0.3) is 5.91 Å². The van der Waals surface area contributed by atoms with E-state index in [0.29, 0.717) is 17.8 Å². The molecule has 2 rings (SSSR count). The maximum atomic E-state index is 12.1. The molecule has 100 valence electrons. The highest BCUT2D eigenvalue weighted by Gasteiger charge is 2.24. The predicted molar refractivity (Wildman–Crippen MR) is 71.5 cm³/mol. The van der Waals surface area contributed by atoms with E-state index in [4.69, 9.17) is 9.84 Å². The minimum Gasteiger partial charge on any atom is -0.495 e. The van der Waals surface area contributed by atoms with Gasteiger partial charge < -0.3 is 15.2 Å². The van der Waals surface area contributed by atoms with E-state index in [2.05, 4.69) is 5.32 Å². The van der Waals surface area contributed by atoms with Gasteiger partial charge in [0.15, 0.2) is 0 Å². The van der Waals surface area contributed by atoms with E-state index in [0.717, 1.165) is 18.6 Å². The Hall–Kier alpha value is -1.07. The summed E-state index contributed by atoms with van der Waals surface area (Å²) in [6.45, 7) is 0.597. The van der Waals surface area contributed by atoms with Gasteiger partial charge in [0.2, 0.25) is 0 Å². The first-order chi connectivity index (χ1) is 8.77. The number of carbonyl (C=O) groups excluding carboxylic acids is 1. The molecular formula is C13H19NO3S. The molecular weight excluding hydrogens is 250 g/mol. The lowest BCUT2D eigenvalue weighted by Crippen LogP contribution is -2.24. The van der Waals surface area contributed by atoms with Crippen LogP contribution in [0.3, 0.4) is 0 Å². The SMILES string of the molecule is COc1c(C(=O)NCCCO)sc2c1CCCC2. The zero-order valence-electron chi connectivity index (χ0n) is 10.6. The molecule has 1 aliphatic rings. The molecule has 0 saturated heterocycles. The lowest BCUT2D eigenvalue weighted by Gasteiger charge is -2.11. The standard InChI is InChI=1S/C13H19NO3S/c1-17-11-9-5-2-3-6-10(9)18-12(11)13(16)14-7-4-8-15/h15H,2-8H2,1H3,(H,14,16). The van der Waals surface area contributed by atoms with E-state index in [9.17, 15) is 4.79 Å². The van der Waals surface area contributed by atoms with Crippen molar-refractivity contribution in [3.8, 4) is 5.75 Å². The second-order valence-corrected chi connectivity index (χ2v) is 5.51. The molecule has 5 heteroatoms. The first kappa shape index (κ1) is 13.4. The molecule has 0 saturated carbocycles. The lowest BCUT2D eigenvalue weighted by atomic mass is 9.98. The molecule has 0 aliphatic heterocycles. The summed E-state index contributed by atoms with van der Waals surface area (Å²) in [7, 11) is 1.63. The van der Waals surface area contributed by atoms with Crippen molar-refractivity contribution in [2.24, 2.45) is 0 Å². The fourth-order valence-electron chi connectivity index (χ4n) is 2.26. The molecule has 0 radical (unpaired) electrons. The second-order valence-electron chi connectivity index (χ2n) is 4.41. The van der Waals surface area contributed by atoms with Gasteiger partial charge in [-0.25, -0.2) is 0 Å². The van der Waals surface area contributed by atoms with Crippen LogP contribution in [0.25, 0.3) is 0 Å². The third-order valence-electron chi connectivity index (χ3n) is 3.15. The van der Waals surface area contributed by atoms with Gasteiger partial charge in [-0.2, -0.15) is 0 Å². The third kappa shape index (κ3) is 2.67. The monoisotopic (exact) mass is 269 g/mol. The quantitative estimate of drug-likeness (QED) is 0.801. The number of amides is 1. The van der Waals surface area contributed by atoms with Crippen LogP contribution in [0.2, 0.25) is 0 Å². The Morgan fingerprint density at radius 2 is 2.22 bits per heavy atom. The molecule has 0 spiro atoms. The van der Waals surface area contributed by atoms with Crippen molar-refractivity contribution < 1.29 is 14.6 Å². The number of carbonyl (C=O) groups is 1. The van der Waals surface area contributed by atoms with Crippen molar-refractivity contribution in [2.45, 2.75) is 32.1 Å². The van der Waals surface area contributed by atoms with Crippen LogP contribution in [0, 0.1) is 0 Å². The number of methoxy groups -OCH3 is 1. The molecule has 2 N–H and O–H groups in total. The van der Waals surface area contributed by atoms with E-state index < -0.39 is 0 Å². The fraction of sp³-hybridized carbons (Fsp3) is 0.615. The van der Waals surface area contributed by atoms with Crippen LogP contribution in [-0.4, -0.2) is 31.3 Å². The normalized spacial score (nSPS) is 14.1. The van der Waals surface area contributed by atoms with Gasteiger partial charge in [0, 0.05) is 23.6 Å². The highest BCUT2D eigenvalue weighted by atomic mass is 32.1. The van der Waals surface area contributed by atoms with Crippen LogP contribution in [0.4, 0.5) is 0 Å². The predicted octanol–water partition coefficient (Wildman–Crippen LogP) is 1.75. The number of fused-ring (bicyclic) bond motifs is 1. The molecule has 4 nitrogen and oxygen atoms in total. The zero-order chi connectivity index (χ0) is 13.0. The number of aliphatic hydroxyl groups excluding tert-OH is 1. The van der Waals surface area contributed by atoms with Crippen LogP contribution >= 0.6 is 11.3 Å². The number of ether oxygens (including phenoxy) is 1. The summed E-state index contributed by atoms with van der Waals surface area (Å²) in [6.07, 6.45) is 5.02. The molecule has 1 heterocycles. The number of thiophene rings is 1. The minimum absolute atomic E-state index is 0.0836. The summed E-state index contributed by atoms with van der Waals surface area (Å²) in [4.78, 5) is 14.0. The smallest absolute Gasteiger partial charge is 0.265 e. The van der Waals surface area contributed by atoms with Gasteiger partial charge in [-0.1, -0.05) is 0 Å². The fourth-order valence-corrected chi connectivity index (χ4v) is 3.54. The van der Waals surface area contributed by atoms with Gasteiger partial charge in [0.1, 0.15) is 10.6 Å². The van der Waals surface area contributed by atoms with Crippen molar-refractivity contribution in [3.05, 3.63) is 15.3 Å². The maximum Gasteiger partial charge on any atom is 0.265 e. The summed E-state index contributed by atoms with van der Waals surface area (Å²) in [5.41, 5.74) is 1.22. The van der Waals surface area contributed by atoms with Crippen LogP contribution in [-0.2, 0) is 12.8 Å². The lowest BCUT2D eigenvalue weighted by molar-refractivity contribution is 0.0952. The highest BCUT2D eigenvalue weighted by Crippen LogP contribution is 2.39. The number of nitrogens with one attached hydrogen (secondary N) is 1. The number of hydrogen-bond acceptors (Lipinski definition) is 4.